The highest BCUT2D eigenvalue weighted by atomic mass is 19.4. The molecule has 112 valence electrons. The molecule has 0 aliphatic heterocycles. The minimum atomic E-state index is -4.52. The summed E-state index contributed by atoms with van der Waals surface area (Å²) in [6.07, 6.45) is -3.77. The molecule has 1 aromatic rings. The minimum absolute atomic E-state index is 0.135. The SMILES string of the molecule is CCCCCCC(OC(=O)c1ccccc1)C(F)(F)F. The number of carbonyl (C=O) groups is 1. The van der Waals surface area contributed by atoms with Crippen LogP contribution in [0.1, 0.15) is 49.4 Å². The molecule has 1 atom stereocenters. The van der Waals surface area contributed by atoms with Gasteiger partial charge < -0.3 is 4.74 Å². The smallest absolute Gasteiger partial charge is 0.425 e. The van der Waals surface area contributed by atoms with Crippen LogP contribution in [0, 0.1) is 0 Å². The van der Waals surface area contributed by atoms with E-state index in [2.05, 4.69) is 4.74 Å². The number of ether oxygens (including phenoxy) is 1. The molecule has 2 nitrogen and oxygen atoms in total. The van der Waals surface area contributed by atoms with Gasteiger partial charge in [0.05, 0.1) is 5.56 Å². The van der Waals surface area contributed by atoms with Crippen molar-refractivity contribution < 1.29 is 22.7 Å². The molecule has 0 bridgehead atoms. The van der Waals surface area contributed by atoms with Crippen molar-refractivity contribution in [3.63, 3.8) is 0 Å². The molecule has 0 N–H and O–H groups in total. The van der Waals surface area contributed by atoms with Crippen LogP contribution in [0.2, 0.25) is 0 Å². The highest BCUT2D eigenvalue weighted by Gasteiger charge is 2.42. The first-order chi connectivity index (χ1) is 9.45. The average molecular weight is 288 g/mol. The number of hydrogen-bond donors (Lipinski definition) is 0. The lowest BCUT2D eigenvalue weighted by Crippen LogP contribution is -2.33. The third kappa shape index (κ3) is 5.63. The summed E-state index contributed by atoms with van der Waals surface area (Å²) in [5, 5.41) is 0. The van der Waals surface area contributed by atoms with Gasteiger partial charge in [-0.3, -0.25) is 0 Å². The van der Waals surface area contributed by atoms with Crippen molar-refractivity contribution in [1.29, 1.82) is 0 Å². The summed E-state index contributed by atoms with van der Waals surface area (Å²) in [6.45, 7) is 1.98. The lowest BCUT2D eigenvalue weighted by molar-refractivity contribution is -0.206. The van der Waals surface area contributed by atoms with Crippen LogP contribution in [0.3, 0.4) is 0 Å². The summed E-state index contributed by atoms with van der Waals surface area (Å²) in [5.41, 5.74) is 0.135. The van der Waals surface area contributed by atoms with Gasteiger partial charge in [0.2, 0.25) is 0 Å². The maximum atomic E-state index is 12.8. The van der Waals surface area contributed by atoms with Gasteiger partial charge in [0, 0.05) is 0 Å². The first-order valence-electron chi connectivity index (χ1n) is 6.78. The Balaban J connectivity index is 2.59. The van der Waals surface area contributed by atoms with E-state index in [1.807, 2.05) is 6.92 Å². The molecular formula is C15H19F3O2. The molecule has 0 aromatic heterocycles. The van der Waals surface area contributed by atoms with E-state index < -0.39 is 18.2 Å². The molecule has 0 aliphatic carbocycles. The molecule has 0 saturated carbocycles. The van der Waals surface area contributed by atoms with Crippen LogP contribution in [0.5, 0.6) is 0 Å². The Morgan fingerprint density at radius 3 is 2.35 bits per heavy atom. The minimum Gasteiger partial charge on any atom is -0.449 e. The van der Waals surface area contributed by atoms with Crippen LogP contribution >= 0.6 is 0 Å². The summed E-state index contributed by atoms with van der Waals surface area (Å²) in [5.74, 6) is -0.927. The Kier molecular flexibility index (Phi) is 6.55. The van der Waals surface area contributed by atoms with Crippen LogP contribution in [0.25, 0.3) is 0 Å². The van der Waals surface area contributed by atoms with Crippen LogP contribution < -0.4 is 0 Å². The van der Waals surface area contributed by atoms with Crippen LogP contribution in [-0.2, 0) is 4.74 Å². The van der Waals surface area contributed by atoms with Gasteiger partial charge in [-0.05, 0) is 25.0 Å². The number of esters is 1. The van der Waals surface area contributed by atoms with Gasteiger partial charge in [-0.1, -0.05) is 44.4 Å². The number of rotatable bonds is 7. The van der Waals surface area contributed by atoms with E-state index in [0.717, 1.165) is 12.8 Å². The zero-order valence-electron chi connectivity index (χ0n) is 11.5. The topological polar surface area (TPSA) is 26.3 Å². The first kappa shape index (κ1) is 16.5. The highest BCUT2D eigenvalue weighted by Crippen LogP contribution is 2.28. The molecular weight excluding hydrogens is 269 g/mol. The molecule has 0 saturated heterocycles. The van der Waals surface area contributed by atoms with Crippen molar-refractivity contribution in [2.75, 3.05) is 0 Å². The molecule has 20 heavy (non-hydrogen) atoms. The summed E-state index contributed by atoms with van der Waals surface area (Å²) in [4.78, 5) is 11.7. The molecule has 0 radical (unpaired) electrons. The number of unbranched alkanes of at least 4 members (excludes halogenated alkanes) is 3. The molecule has 0 fully saturated rings. The number of alkyl halides is 3. The normalized spacial score (nSPS) is 13.0. The molecule has 0 heterocycles. The maximum absolute atomic E-state index is 12.8. The fraction of sp³-hybridized carbons (Fsp3) is 0.533. The standard InChI is InChI=1S/C15H19F3O2/c1-2-3-4-8-11-13(15(16,17)18)20-14(19)12-9-6-5-7-10-12/h5-7,9-10,13H,2-4,8,11H2,1H3. The van der Waals surface area contributed by atoms with Gasteiger partial charge in [0.25, 0.3) is 0 Å². The van der Waals surface area contributed by atoms with E-state index in [1.54, 1.807) is 18.2 Å². The summed E-state index contributed by atoms with van der Waals surface area (Å²) in [6, 6.07) is 7.73. The van der Waals surface area contributed by atoms with Crippen molar-refractivity contribution in [3.8, 4) is 0 Å². The predicted octanol–water partition coefficient (Wildman–Crippen LogP) is 4.74. The van der Waals surface area contributed by atoms with Gasteiger partial charge in [0.1, 0.15) is 0 Å². The fourth-order valence-corrected chi connectivity index (χ4v) is 1.82. The average Bonchev–Trinajstić information content (AvgIpc) is 2.42. The van der Waals surface area contributed by atoms with E-state index >= 15 is 0 Å². The number of hydrogen-bond acceptors (Lipinski definition) is 2. The molecule has 1 rings (SSSR count). The first-order valence-corrected chi connectivity index (χ1v) is 6.78. The molecule has 5 heteroatoms. The van der Waals surface area contributed by atoms with Crippen molar-refractivity contribution >= 4 is 5.97 Å². The van der Waals surface area contributed by atoms with E-state index in [0.29, 0.717) is 12.8 Å². The number of carbonyl (C=O) groups excluding carboxylic acids is 1. The number of halogens is 3. The third-order valence-electron chi connectivity index (χ3n) is 2.94. The quantitative estimate of drug-likeness (QED) is 0.535. The molecule has 0 spiro atoms. The summed E-state index contributed by atoms with van der Waals surface area (Å²) >= 11 is 0. The van der Waals surface area contributed by atoms with Crippen LogP contribution in [0.15, 0.2) is 30.3 Å². The maximum Gasteiger partial charge on any atom is 0.425 e. The van der Waals surface area contributed by atoms with E-state index in [4.69, 9.17) is 0 Å². The van der Waals surface area contributed by atoms with E-state index in [9.17, 15) is 18.0 Å². The highest BCUT2D eigenvalue weighted by molar-refractivity contribution is 5.89. The Bertz CT molecular complexity index is 401. The van der Waals surface area contributed by atoms with Gasteiger partial charge in [0.15, 0.2) is 6.10 Å². The zero-order chi connectivity index (χ0) is 15.0. The lowest BCUT2D eigenvalue weighted by Gasteiger charge is -2.20. The summed E-state index contributed by atoms with van der Waals surface area (Å²) < 4.78 is 43.1. The summed E-state index contributed by atoms with van der Waals surface area (Å²) in [7, 11) is 0. The Labute approximate surface area is 116 Å². The van der Waals surface area contributed by atoms with Crippen molar-refractivity contribution in [1.82, 2.24) is 0 Å². The second-order valence-corrected chi connectivity index (χ2v) is 4.65. The van der Waals surface area contributed by atoms with E-state index in [1.165, 1.54) is 12.1 Å². The lowest BCUT2D eigenvalue weighted by atomic mass is 10.1. The largest absolute Gasteiger partial charge is 0.449 e. The second-order valence-electron chi connectivity index (χ2n) is 4.65. The molecule has 1 unspecified atom stereocenters. The van der Waals surface area contributed by atoms with Crippen molar-refractivity contribution in [2.24, 2.45) is 0 Å². The Hall–Kier alpha value is -1.52. The Morgan fingerprint density at radius 2 is 1.80 bits per heavy atom. The van der Waals surface area contributed by atoms with Gasteiger partial charge in [-0.25, -0.2) is 4.79 Å². The van der Waals surface area contributed by atoms with E-state index in [-0.39, 0.29) is 12.0 Å². The van der Waals surface area contributed by atoms with Gasteiger partial charge in [-0.2, -0.15) is 13.2 Å². The van der Waals surface area contributed by atoms with Crippen molar-refractivity contribution in [2.45, 2.75) is 51.3 Å². The fourth-order valence-electron chi connectivity index (χ4n) is 1.82. The molecule has 0 amide bonds. The van der Waals surface area contributed by atoms with Crippen LogP contribution in [0.4, 0.5) is 13.2 Å². The molecule has 1 aromatic carbocycles. The monoisotopic (exact) mass is 288 g/mol. The van der Waals surface area contributed by atoms with Crippen LogP contribution in [-0.4, -0.2) is 18.2 Å². The predicted molar refractivity (Wildman–Crippen MR) is 70.5 cm³/mol. The second kappa shape index (κ2) is 7.92. The Morgan fingerprint density at radius 1 is 1.15 bits per heavy atom. The van der Waals surface area contributed by atoms with Gasteiger partial charge >= 0.3 is 12.1 Å². The molecule has 0 aliphatic rings. The van der Waals surface area contributed by atoms with Crippen molar-refractivity contribution in [3.05, 3.63) is 35.9 Å². The van der Waals surface area contributed by atoms with Gasteiger partial charge in [-0.15, -0.1) is 0 Å². The number of benzene rings is 1. The third-order valence-corrected chi connectivity index (χ3v) is 2.94. The zero-order valence-corrected chi connectivity index (χ0v) is 11.5.